The van der Waals surface area contributed by atoms with E-state index in [0.717, 1.165) is 21.9 Å². The SMILES string of the molecule is COC(=O)C=CCSc1ccc(Nc2nc(N)c(C(=O)c3c(Cl)cccc3Cl)s2)cc1. The Labute approximate surface area is 197 Å². The number of halogens is 2. The second-order valence-corrected chi connectivity index (χ2v) is 8.95. The highest BCUT2D eigenvalue weighted by atomic mass is 35.5. The molecule has 0 bridgehead atoms. The number of nitrogens with one attached hydrogen (secondary N) is 1. The van der Waals surface area contributed by atoms with E-state index in [9.17, 15) is 9.59 Å². The number of hydrogen-bond donors (Lipinski definition) is 2. The standard InChI is InChI=1S/C21H17Cl2N3O3S2/c1-29-16(27)6-3-11-30-13-9-7-12(8-10-13)25-21-26-20(24)19(31-21)18(28)17-14(22)4-2-5-15(17)23/h2-10H,11,24H2,1H3,(H,25,26). The molecule has 0 saturated heterocycles. The quantitative estimate of drug-likeness (QED) is 0.176. The smallest absolute Gasteiger partial charge is 0.330 e. The normalized spacial score (nSPS) is 10.9. The Morgan fingerprint density at radius 1 is 1.19 bits per heavy atom. The molecule has 2 aromatic carbocycles. The molecular formula is C21H17Cl2N3O3S2. The number of rotatable bonds is 8. The number of carbonyl (C=O) groups is 2. The summed E-state index contributed by atoms with van der Waals surface area (Å²) in [4.78, 5) is 29.4. The fourth-order valence-corrected chi connectivity index (χ4v) is 4.62. The molecular weight excluding hydrogens is 477 g/mol. The summed E-state index contributed by atoms with van der Waals surface area (Å²) >= 11 is 15.0. The molecule has 0 unspecified atom stereocenters. The number of nitrogen functional groups attached to an aromatic ring is 1. The molecule has 31 heavy (non-hydrogen) atoms. The Balaban J connectivity index is 1.67. The summed E-state index contributed by atoms with van der Waals surface area (Å²) in [6.07, 6.45) is 3.13. The zero-order chi connectivity index (χ0) is 22.4. The highest BCUT2D eigenvalue weighted by Gasteiger charge is 2.22. The highest BCUT2D eigenvalue weighted by molar-refractivity contribution is 7.99. The van der Waals surface area contributed by atoms with E-state index in [1.54, 1.807) is 36.0 Å². The Kier molecular flexibility index (Phi) is 7.97. The van der Waals surface area contributed by atoms with Crippen molar-refractivity contribution in [3.05, 3.63) is 75.1 Å². The third kappa shape index (κ3) is 6.01. The van der Waals surface area contributed by atoms with Crippen LogP contribution in [0.1, 0.15) is 15.2 Å². The molecule has 3 N–H and O–H groups in total. The Morgan fingerprint density at radius 2 is 1.87 bits per heavy atom. The predicted octanol–water partition coefficient (Wildman–Crippen LogP) is 5.83. The van der Waals surface area contributed by atoms with Crippen LogP contribution < -0.4 is 11.1 Å². The fourth-order valence-electron chi connectivity index (χ4n) is 2.49. The number of nitrogens with zero attached hydrogens (tertiary/aromatic N) is 1. The monoisotopic (exact) mass is 493 g/mol. The summed E-state index contributed by atoms with van der Waals surface area (Å²) in [5.41, 5.74) is 6.96. The molecule has 3 rings (SSSR count). The number of anilines is 3. The van der Waals surface area contributed by atoms with Gasteiger partial charge < -0.3 is 15.8 Å². The van der Waals surface area contributed by atoms with Crippen molar-refractivity contribution in [2.45, 2.75) is 4.90 Å². The van der Waals surface area contributed by atoms with Gasteiger partial charge in [-0.15, -0.1) is 11.8 Å². The van der Waals surface area contributed by atoms with Crippen molar-refractivity contribution in [2.24, 2.45) is 0 Å². The number of esters is 1. The highest BCUT2D eigenvalue weighted by Crippen LogP contribution is 2.34. The molecule has 3 aromatic rings. The van der Waals surface area contributed by atoms with E-state index in [2.05, 4.69) is 15.0 Å². The fraction of sp³-hybridized carbons (Fsp3) is 0.0952. The average molecular weight is 494 g/mol. The molecule has 0 spiro atoms. The van der Waals surface area contributed by atoms with E-state index in [1.165, 1.54) is 13.2 Å². The number of aromatic nitrogens is 1. The minimum atomic E-state index is -0.377. The Bertz CT molecular complexity index is 1110. The molecule has 0 aliphatic rings. The first-order chi connectivity index (χ1) is 14.9. The van der Waals surface area contributed by atoms with E-state index in [4.69, 9.17) is 28.9 Å². The van der Waals surface area contributed by atoms with Crippen LogP contribution in [0.2, 0.25) is 10.0 Å². The zero-order valence-corrected chi connectivity index (χ0v) is 19.4. The van der Waals surface area contributed by atoms with Gasteiger partial charge in [0, 0.05) is 22.4 Å². The Hall–Kier alpha value is -2.52. The lowest BCUT2D eigenvalue weighted by molar-refractivity contribution is -0.134. The Morgan fingerprint density at radius 3 is 2.52 bits per heavy atom. The summed E-state index contributed by atoms with van der Waals surface area (Å²) in [5.74, 6) is 0.00187. The molecule has 10 heteroatoms. The first kappa shape index (κ1) is 23.1. The molecule has 160 valence electrons. The van der Waals surface area contributed by atoms with Crippen LogP contribution in [0.3, 0.4) is 0 Å². The van der Waals surface area contributed by atoms with Crippen LogP contribution in [0.5, 0.6) is 0 Å². The van der Waals surface area contributed by atoms with Gasteiger partial charge in [0.25, 0.3) is 0 Å². The van der Waals surface area contributed by atoms with Crippen molar-refractivity contribution < 1.29 is 14.3 Å². The first-order valence-corrected chi connectivity index (χ1v) is 11.4. The van der Waals surface area contributed by atoms with E-state index >= 15 is 0 Å². The minimum Gasteiger partial charge on any atom is -0.466 e. The van der Waals surface area contributed by atoms with Gasteiger partial charge in [-0.25, -0.2) is 9.78 Å². The average Bonchev–Trinajstić information content (AvgIpc) is 3.11. The summed E-state index contributed by atoms with van der Waals surface area (Å²) < 4.78 is 4.55. The number of benzene rings is 2. The van der Waals surface area contributed by atoms with Gasteiger partial charge in [-0.2, -0.15) is 0 Å². The lowest BCUT2D eigenvalue weighted by Gasteiger charge is -2.04. The van der Waals surface area contributed by atoms with Gasteiger partial charge in [0.05, 0.1) is 22.7 Å². The van der Waals surface area contributed by atoms with E-state index < -0.39 is 0 Å². The van der Waals surface area contributed by atoms with Crippen LogP contribution in [-0.4, -0.2) is 29.6 Å². The third-order valence-electron chi connectivity index (χ3n) is 3.96. The number of ketones is 1. The molecule has 0 aliphatic heterocycles. The third-order valence-corrected chi connectivity index (χ3v) is 6.54. The number of methoxy groups -OCH3 is 1. The maximum atomic E-state index is 12.9. The van der Waals surface area contributed by atoms with Crippen LogP contribution in [0.4, 0.5) is 16.6 Å². The van der Waals surface area contributed by atoms with Crippen molar-refractivity contribution in [1.29, 1.82) is 0 Å². The van der Waals surface area contributed by atoms with Crippen molar-refractivity contribution in [3.63, 3.8) is 0 Å². The summed E-state index contributed by atoms with van der Waals surface area (Å²) in [6.45, 7) is 0. The van der Waals surface area contributed by atoms with Gasteiger partial charge in [-0.05, 0) is 36.4 Å². The number of carbonyl (C=O) groups excluding carboxylic acids is 2. The van der Waals surface area contributed by atoms with Gasteiger partial charge in [-0.3, -0.25) is 4.79 Å². The molecule has 1 heterocycles. The van der Waals surface area contributed by atoms with Crippen LogP contribution in [0.15, 0.2) is 59.5 Å². The minimum absolute atomic E-state index is 0.109. The molecule has 0 amide bonds. The summed E-state index contributed by atoms with van der Waals surface area (Å²) in [7, 11) is 1.34. The second-order valence-electron chi connectivity index (χ2n) is 6.05. The van der Waals surface area contributed by atoms with Crippen molar-refractivity contribution in [2.75, 3.05) is 23.9 Å². The van der Waals surface area contributed by atoms with E-state index in [1.807, 2.05) is 24.3 Å². The largest absolute Gasteiger partial charge is 0.466 e. The topological polar surface area (TPSA) is 94.3 Å². The molecule has 0 radical (unpaired) electrons. The van der Waals surface area contributed by atoms with Gasteiger partial charge >= 0.3 is 5.97 Å². The maximum absolute atomic E-state index is 12.9. The van der Waals surface area contributed by atoms with Crippen LogP contribution in [0.25, 0.3) is 0 Å². The number of thiazole rings is 1. The number of hydrogen-bond acceptors (Lipinski definition) is 8. The predicted molar refractivity (Wildman–Crippen MR) is 128 cm³/mol. The lowest BCUT2D eigenvalue weighted by atomic mass is 10.1. The number of nitrogens with two attached hydrogens (primary N) is 1. The van der Waals surface area contributed by atoms with Crippen molar-refractivity contribution >= 4 is 74.7 Å². The molecule has 0 saturated carbocycles. The van der Waals surface area contributed by atoms with Crippen LogP contribution in [0, 0.1) is 0 Å². The van der Waals surface area contributed by atoms with Crippen LogP contribution >= 0.6 is 46.3 Å². The van der Waals surface area contributed by atoms with E-state index in [0.29, 0.717) is 10.9 Å². The molecule has 6 nitrogen and oxygen atoms in total. The molecule has 1 aromatic heterocycles. The zero-order valence-electron chi connectivity index (χ0n) is 16.2. The number of ether oxygens (including phenoxy) is 1. The second kappa shape index (κ2) is 10.7. The number of thioether (sulfide) groups is 1. The van der Waals surface area contributed by atoms with Gasteiger partial charge in [-0.1, -0.05) is 46.7 Å². The van der Waals surface area contributed by atoms with Gasteiger partial charge in [0.2, 0.25) is 5.78 Å². The van der Waals surface area contributed by atoms with Crippen molar-refractivity contribution in [3.8, 4) is 0 Å². The van der Waals surface area contributed by atoms with E-state index in [-0.39, 0.29) is 38.1 Å². The maximum Gasteiger partial charge on any atom is 0.330 e. The summed E-state index contributed by atoms with van der Waals surface area (Å²) in [5, 5.41) is 4.14. The molecule has 0 aliphatic carbocycles. The van der Waals surface area contributed by atoms with Gasteiger partial charge in [0.1, 0.15) is 10.7 Å². The van der Waals surface area contributed by atoms with Crippen LogP contribution in [-0.2, 0) is 9.53 Å². The summed E-state index contributed by atoms with van der Waals surface area (Å²) in [6, 6.07) is 12.5. The first-order valence-electron chi connectivity index (χ1n) is 8.88. The molecule has 0 atom stereocenters. The van der Waals surface area contributed by atoms with Crippen molar-refractivity contribution in [1.82, 2.24) is 4.98 Å². The molecule has 0 fully saturated rings. The lowest BCUT2D eigenvalue weighted by Crippen LogP contribution is -2.04. The van der Waals surface area contributed by atoms with Gasteiger partial charge in [0.15, 0.2) is 5.13 Å².